The van der Waals surface area contributed by atoms with Gasteiger partial charge in [0, 0.05) is 41.9 Å². The van der Waals surface area contributed by atoms with Gasteiger partial charge in [0.2, 0.25) is 0 Å². The van der Waals surface area contributed by atoms with Gasteiger partial charge >= 0.3 is 0 Å². The molecule has 3 aliphatic heterocycles. The van der Waals surface area contributed by atoms with Crippen molar-refractivity contribution in [3.63, 3.8) is 0 Å². The minimum atomic E-state index is 0.479. The van der Waals surface area contributed by atoms with Crippen LogP contribution in [0.4, 0.5) is 11.4 Å². The van der Waals surface area contributed by atoms with E-state index in [1.54, 1.807) is 0 Å². The third-order valence-corrected chi connectivity index (χ3v) is 8.58. The maximum atomic E-state index is 6.45. The van der Waals surface area contributed by atoms with Gasteiger partial charge < -0.3 is 9.64 Å². The van der Waals surface area contributed by atoms with E-state index in [0.29, 0.717) is 18.1 Å². The molecule has 5 heteroatoms. The number of thiophene rings is 1. The van der Waals surface area contributed by atoms with Crippen molar-refractivity contribution < 1.29 is 4.74 Å². The van der Waals surface area contributed by atoms with Crippen molar-refractivity contribution in [1.29, 1.82) is 0 Å². The first kappa shape index (κ1) is 20.2. The van der Waals surface area contributed by atoms with Crippen molar-refractivity contribution in [2.24, 2.45) is 0 Å². The molecule has 0 amide bonds. The fraction of sp³-hybridized carbons (Fsp3) is 0.276. The summed E-state index contributed by atoms with van der Waals surface area (Å²) in [4.78, 5) is 11.0. The van der Waals surface area contributed by atoms with Gasteiger partial charge in [0.05, 0.1) is 11.4 Å². The van der Waals surface area contributed by atoms with Gasteiger partial charge in [0.25, 0.3) is 0 Å². The Hall–Kier alpha value is -3.15. The van der Waals surface area contributed by atoms with E-state index in [9.17, 15) is 0 Å². The first-order valence-corrected chi connectivity index (χ1v) is 13.1. The lowest BCUT2D eigenvalue weighted by molar-refractivity contribution is 0.120. The maximum Gasteiger partial charge on any atom is 0.151 e. The average Bonchev–Trinajstić information content (AvgIpc) is 3.47. The van der Waals surface area contributed by atoms with Crippen molar-refractivity contribution in [3.05, 3.63) is 89.4 Å². The lowest BCUT2D eigenvalue weighted by Crippen LogP contribution is -2.49. The average molecular weight is 466 g/mol. The Morgan fingerprint density at radius 1 is 0.794 bits per heavy atom. The lowest BCUT2D eigenvalue weighted by Gasteiger charge is -2.46. The van der Waals surface area contributed by atoms with Crippen LogP contribution in [0.3, 0.4) is 0 Å². The number of anilines is 2. The number of nitrogens with zero attached hydrogens (tertiary/aromatic N) is 3. The summed E-state index contributed by atoms with van der Waals surface area (Å²) in [6, 6.07) is 25.5. The topological polar surface area (TPSA) is 28.6 Å². The molecule has 2 unspecified atom stereocenters. The lowest BCUT2D eigenvalue weighted by atomic mass is 9.93. The Morgan fingerprint density at radius 2 is 1.59 bits per heavy atom. The fourth-order valence-electron chi connectivity index (χ4n) is 6.20. The molecule has 0 aliphatic carbocycles. The Bertz CT molecular complexity index is 1290. The first-order valence-electron chi connectivity index (χ1n) is 12.2. The number of aromatic nitrogens is 1. The molecule has 34 heavy (non-hydrogen) atoms. The Kier molecular flexibility index (Phi) is 4.92. The normalized spacial score (nSPS) is 23.3. The van der Waals surface area contributed by atoms with Crippen LogP contribution in [0.5, 0.6) is 11.5 Å². The van der Waals surface area contributed by atoms with Crippen LogP contribution in [0.2, 0.25) is 0 Å². The Balaban J connectivity index is 1.23. The summed E-state index contributed by atoms with van der Waals surface area (Å²) >= 11 is 1.89. The summed E-state index contributed by atoms with van der Waals surface area (Å²) in [6.45, 7) is 1.10. The Labute approximate surface area is 204 Å². The first-order chi connectivity index (χ1) is 16.8. The van der Waals surface area contributed by atoms with Crippen molar-refractivity contribution in [2.75, 3.05) is 4.90 Å². The van der Waals surface area contributed by atoms with Gasteiger partial charge in [-0.15, -0.1) is 11.3 Å². The van der Waals surface area contributed by atoms with Gasteiger partial charge in [0.1, 0.15) is 0 Å². The zero-order valence-corrected chi connectivity index (χ0v) is 19.8. The highest BCUT2D eigenvalue weighted by Crippen LogP contribution is 2.51. The molecular formula is C29H27N3OS. The molecule has 2 saturated heterocycles. The second-order valence-electron chi connectivity index (χ2n) is 9.62. The number of ether oxygens (including phenoxy) is 1. The molecule has 2 fully saturated rings. The molecule has 7 rings (SSSR count). The molecule has 4 nitrogen and oxygen atoms in total. The molecule has 0 spiro atoms. The molecule has 170 valence electrons. The molecule has 2 atom stereocenters. The second-order valence-corrected chi connectivity index (χ2v) is 10.7. The summed E-state index contributed by atoms with van der Waals surface area (Å²) < 4.78 is 6.45. The summed E-state index contributed by atoms with van der Waals surface area (Å²) in [5.41, 5.74) is 4.70. The van der Waals surface area contributed by atoms with Gasteiger partial charge in [-0.2, -0.15) is 0 Å². The van der Waals surface area contributed by atoms with Gasteiger partial charge in [0.15, 0.2) is 11.5 Å². The molecule has 2 aromatic heterocycles. The van der Waals surface area contributed by atoms with E-state index in [2.05, 4.69) is 86.9 Å². The summed E-state index contributed by atoms with van der Waals surface area (Å²) in [7, 11) is 0. The molecule has 2 aromatic carbocycles. The predicted octanol–water partition coefficient (Wildman–Crippen LogP) is 7.25. The van der Waals surface area contributed by atoms with E-state index >= 15 is 0 Å². The largest absolute Gasteiger partial charge is 0.453 e. The van der Waals surface area contributed by atoms with E-state index in [4.69, 9.17) is 4.74 Å². The van der Waals surface area contributed by atoms with E-state index in [1.807, 2.05) is 23.7 Å². The summed E-state index contributed by atoms with van der Waals surface area (Å²) in [5, 5.41) is 2.20. The highest BCUT2D eigenvalue weighted by molar-refractivity contribution is 7.09. The number of fused-ring (bicyclic) bond motifs is 4. The fourth-order valence-corrected chi connectivity index (χ4v) is 6.91. The number of benzene rings is 2. The predicted molar refractivity (Wildman–Crippen MR) is 138 cm³/mol. The molecule has 0 saturated carbocycles. The second kappa shape index (κ2) is 8.26. The minimum Gasteiger partial charge on any atom is -0.453 e. The van der Waals surface area contributed by atoms with Crippen LogP contribution in [0, 0.1) is 0 Å². The molecule has 2 bridgehead atoms. The van der Waals surface area contributed by atoms with Gasteiger partial charge in [-0.25, -0.2) is 0 Å². The molecule has 3 aliphatic rings. The van der Waals surface area contributed by atoms with E-state index in [0.717, 1.165) is 29.2 Å². The highest BCUT2D eigenvalue weighted by Gasteiger charge is 2.44. The zero-order valence-electron chi connectivity index (χ0n) is 19.0. The number of piperidine rings is 1. The summed E-state index contributed by atoms with van der Waals surface area (Å²) in [5.74, 6) is 1.90. The highest BCUT2D eigenvalue weighted by atomic mass is 32.1. The third-order valence-electron chi connectivity index (χ3n) is 7.72. The van der Waals surface area contributed by atoms with Crippen molar-refractivity contribution in [2.45, 2.75) is 50.4 Å². The van der Waals surface area contributed by atoms with E-state index in [1.165, 1.54) is 41.9 Å². The molecule has 0 radical (unpaired) electrons. The number of para-hydroxylation sites is 2. The van der Waals surface area contributed by atoms with Crippen LogP contribution < -0.4 is 9.64 Å². The van der Waals surface area contributed by atoms with E-state index in [-0.39, 0.29) is 0 Å². The van der Waals surface area contributed by atoms with Crippen LogP contribution in [-0.4, -0.2) is 28.0 Å². The van der Waals surface area contributed by atoms with Gasteiger partial charge in [-0.1, -0.05) is 24.3 Å². The van der Waals surface area contributed by atoms with Crippen LogP contribution in [0.25, 0.3) is 11.1 Å². The van der Waals surface area contributed by atoms with Crippen LogP contribution in [-0.2, 0) is 6.54 Å². The minimum absolute atomic E-state index is 0.479. The van der Waals surface area contributed by atoms with E-state index < -0.39 is 0 Å². The zero-order chi connectivity index (χ0) is 22.5. The van der Waals surface area contributed by atoms with Crippen molar-refractivity contribution in [3.8, 4) is 22.6 Å². The smallest absolute Gasteiger partial charge is 0.151 e. The van der Waals surface area contributed by atoms with Gasteiger partial charge in [-0.05, 0) is 84.7 Å². The molecule has 4 aromatic rings. The van der Waals surface area contributed by atoms with Gasteiger partial charge in [-0.3, -0.25) is 9.88 Å². The Morgan fingerprint density at radius 3 is 2.38 bits per heavy atom. The van der Waals surface area contributed by atoms with Crippen molar-refractivity contribution >= 4 is 22.7 Å². The number of hydrogen-bond donors (Lipinski definition) is 0. The van der Waals surface area contributed by atoms with Crippen molar-refractivity contribution in [1.82, 2.24) is 9.88 Å². The number of rotatable bonds is 4. The maximum absolute atomic E-state index is 6.45. The number of pyridine rings is 1. The van der Waals surface area contributed by atoms with Crippen LogP contribution in [0.1, 0.15) is 30.6 Å². The molecule has 5 heterocycles. The number of hydrogen-bond acceptors (Lipinski definition) is 5. The third kappa shape index (κ3) is 3.42. The monoisotopic (exact) mass is 465 g/mol. The van der Waals surface area contributed by atoms with Crippen LogP contribution >= 0.6 is 11.3 Å². The summed E-state index contributed by atoms with van der Waals surface area (Å²) in [6.07, 6.45) is 8.70. The molecule has 0 N–H and O–H groups in total. The quantitative estimate of drug-likeness (QED) is 0.317. The standard InChI is InChI=1S/C29H27N3OS/c1-2-6-28-26(5-1)32(27-10-7-21(16-29(27)33-28)20-11-13-30-14-12-20)24-17-22-8-9-23(18-24)31(22)19-25-4-3-15-34-25/h1-7,10-16,22-24H,8-9,17-19H2. The SMILES string of the molecule is c1csc(CN2C3CCC2CC(N2c4ccccc4Oc4cc(-c5ccncc5)ccc42)C3)c1. The molecular weight excluding hydrogens is 438 g/mol. The van der Waals surface area contributed by atoms with Crippen LogP contribution in [0.15, 0.2) is 84.5 Å².